The number of nitrogens with zero attached hydrogens (tertiary/aromatic N) is 3. The molecule has 0 radical (unpaired) electrons. The smallest absolute Gasteiger partial charge is 0.221 e. The predicted molar refractivity (Wildman–Crippen MR) is 80.0 cm³/mol. The number of halogens is 1. The molecule has 3 rings (SSSR count). The van der Waals surface area contributed by atoms with Crippen LogP contribution in [0, 0.1) is 0 Å². The summed E-state index contributed by atoms with van der Waals surface area (Å²) in [6, 6.07) is 1.91. The lowest BCUT2D eigenvalue weighted by Crippen LogP contribution is -2.52. The molecule has 1 aromatic rings. The highest BCUT2D eigenvalue weighted by molar-refractivity contribution is 9.10. The molecule has 5 nitrogen and oxygen atoms in total. The Balaban J connectivity index is 1.72. The van der Waals surface area contributed by atoms with Crippen molar-refractivity contribution in [1.82, 2.24) is 14.9 Å². The number of nitrogen functional groups attached to an aromatic ring is 1. The van der Waals surface area contributed by atoms with Gasteiger partial charge in [0.1, 0.15) is 5.82 Å². The zero-order chi connectivity index (χ0) is 13.4. The third-order valence-corrected chi connectivity index (χ3v) is 5.02. The number of aromatic nitrogens is 2. The standard InChI is InChI=1S/C13H20BrN5/c1-19-9-3-2-4-10(19)6-8(5-9)17-12-11(14)7-16-13(15)18-12/h7-10H,2-6H2,1H3,(H3,15,16,17,18). The summed E-state index contributed by atoms with van der Waals surface area (Å²) in [5.41, 5.74) is 5.66. The summed E-state index contributed by atoms with van der Waals surface area (Å²) in [4.78, 5) is 10.8. The highest BCUT2D eigenvalue weighted by atomic mass is 79.9. The van der Waals surface area contributed by atoms with Gasteiger partial charge in [-0.2, -0.15) is 4.98 Å². The van der Waals surface area contributed by atoms with Crippen LogP contribution in [0.25, 0.3) is 0 Å². The molecule has 6 heteroatoms. The molecule has 2 atom stereocenters. The molecule has 104 valence electrons. The average Bonchev–Trinajstić information content (AvgIpc) is 2.35. The average molecular weight is 326 g/mol. The lowest BCUT2D eigenvalue weighted by Gasteiger charge is -2.47. The van der Waals surface area contributed by atoms with Gasteiger partial charge in [0, 0.05) is 24.3 Å². The van der Waals surface area contributed by atoms with Crippen LogP contribution in [0.2, 0.25) is 0 Å². The topological polar surface area (TPSA) is 67.1 Å². The summed E-state index contributed by atoms with van der Waals surface area (Å²) in [5, 5.41) is 3.53. The van der Waals surface area contributed by atoms with E-state index in [1.54, 1.807) is 6.20 Å². The highest BCUT2D eigenvalue weighted by Crippen LogP contribution is 2.34. The molecule has 2 aliphatic rings. The van der Waals surface area contributed by atoms with Gasteiger partial charge in [0.15, 0.2) is 0 Å². The molecule has 1 aromatic heterocycles. The summed E-state index contributed by atoms with van der Waals surface area (Å²) in [6.45, 7) is 0. The van der Waals surface area contributed by atoms with E-state index in [0.717, 1.165) is 10.3 Å². The number of anilines is 2. The molecule has 3 heterocycles. The first-order valence-corrected chi connectivity index (χ1v) is 7.69. The van der Waals surface area contributed by atoms with Crippen LogP contribution < -0.4 is 11.1 Å². The van der Waals surface area contributed by atoms with Gasteiger partial charge in [-0.3, -0.25) is 0 Å². The second kappa shape index (κ2) is 5.25. The van der Waals surface area contributed by atoms with Crippen molar-refractivity contribution >= 4 is 27.7 Å². The van der Waals surface area contributed by atoms with Gasteiger partial charge in [-0.25, -0.2) is 4.98 Å². The Labute approximate surface area is 122 Å². The second-order valence-electron chi connectivity index (χ2n) is 5.64. The summed E-state index contributed by atoms with van der Waals surface area (Å²) < 4.78 is 0.880. The Morgan fingerprint density at radius 3 is 2.74 bits per heavy atom. The maximum atomic E-state index is 5.66. The monoisotopic (exact) mass is 325 g/mol. The van der Waals surface area contributed by atoms with Crippen molar-refractivity contribution in [2.75, 3.05) is 18.1 Å². The van der Waals surface area contributed by atoms with Crippen LogP contribution in [0.3, 0.4) is 0 Å². The van der Waals surface area contributed by atoms with E-state index in [1.807, 2.05) is 0 Å². The van der Waals surface area contributed by atoms with Crippen molar-refractivity contribution in [2.24, 2.45) is 0 Å². The van der Waals surface area contributed by atoms with Gasteiger partial charge in [0.05, 0.1) is 4.47 Å². The zero-order valence-corrected chi connectivity index (χ0v) is 12.7. The molecule has 3 N–H and O–H groups in total. The van der Waals surface area contributed by atoms with Crippen LogP contribution in [-0.2, 0) is 0 Å². The number of nitrogens with two attached hydrogens (primary N) is 1. The molecule has 0 amide bonds. The summed E-state index contributed by atoms with van der Waals surface area (Å²) in [7, 11) is 2.27. The van der Waals surface area contributed by atoms with Crippen molar-refractivity contribution in [3.63, 3.8) is 0 Å². The van der Waals surface area contributed by atoms with E-state index < -0.39 is 0 Å². The number of hydrogen-bond donors (Lipinski definition) is 2. The molecule has 2 aliphatic heterocycles. The largest absolute Gasteiger partial charge is 0.368 e. The number of nitrogens with one attached hydrogen (secondary N) is 1. The molecule has 19 heavy (non-hydrogen) atoms. The summed E-state index contributed by atoms with van der Waals surface area (Å²) in [6.07, 6.45) is 8.08. The van der Waals surface area contributed by atoms with Crippen molar-refractivity contribution in [3.8, 4) is 0 Å². The molecule has 0 saturated carbocycles. The van der Waals surface area contributed by atoms with Crippen LogP contribution >= 0.6 is 15.9 Å². The van der Waals surface area contributed by atoms with Crippen LogP contribution in [0.15, 0.2) is 10.7 Å². The van der Waals surface area contributed by atoms with E-state index in [1.165, 1.54) is 32.1 Å². The molecule has 0 aromatic carbocycles. The first-order valence-electron chi connectivity index (χ1n) is 6.90. The van der Waals surface area contributed by atoms with Gasteiger partial charge >= 0.3 is 0 Å². The fourth-order valence-electron chi connectivity index (χ4n) is 3.41. The highest BCUT2D eigenvalue weighted by Gasteiger charge is 2.36. The zero-order valence-electron chi connectivity index (χ0n) is 11.1. The third kappa shape index (κ3) is 2.69. The van der Waals surface area contributed by atoms with E-state index in [-0.39, 0.29) is 0 Å². The van der Waals surface area contributed by atoms with Crippen molar-refractivity contribution in [1.29, 1.82) is 0 Å². The summed E-state index contributed by atoms with van der Waals surface area (Å²) in [5.74, 6) is 1.14. The molecule has 2 fully saturated rings. The Morgan fingerprint density at radius 2 is 2.05 bits per heavy atom. The predicted octanol–water partition coefficient (Wildman–Crippen LogP) is 2.25. The third-order valence-electron chi connectivity index (χ3n) is 4.44. The summed E-state index contributed by atoms with van der Waals surface area (Å²) >= 11 is 3.48. The Hall–Kier alpha value is -0.880. The molecule has 2 unspecified atom stereocenters. The minimum Gasteiger partial charge on any atom is -0.368 e. The fourth-order valence-corrected chi connectivity index (χ4v) is 3.71. The number of piperidine rings is 2. The van der Waals surface area contributed by atoms with Crippen molar-refractivity contribution in [3.05, 3.63) is 10.7 Å². The minimum atomic E-state index is 0.318. The number of hydrogen-bond acceptors (Lipinski definition) is 5. The van der Waals surface area contributed by atoms with E-state index in [9.17, 15) is 0 Å². The molecule has 2 saturated heterocycles. The second-order valence-corrected chi connectivity index (χ2v) is 6.50. The van der Waals surface area contributed by atoms with Crippen LogP contribution in [-0.4, -0.2) is 40.0 Å². The quantitative estimate of drug-likeness (QED) is 0.872. The van der Waals surface area contributed by atoms with Gasteiger partial charge in [0.2, 0.25) is 5.95 Å². The van der Waals surface area contributed by atoms with E-state index in [4.69, 9.17) is 5.73 Å². The maximum absolute atomic E-state index is 5.66. The molecule has 0 spiro atoms. The van der Waals surface area contributed by atoms with E-state index >= 15 is 0 Å². The van der Waals surface area contributed by atoms with Gasteiger partial charge in [-0.1, -0.05) is 6.42 Å². The molecule has 2 bridgehead atoms. The van der Waals surface area contributed by atoms with E-state index in [0.29, 0.717) is 24.1 Å². The van der Waals surface area contributed by atoms with Crippen LogP contribution in [0.1, 0.15) is 32.1 Å². The van der Waals surface area contributed by atoms with Crippen LogP contribution in [0.4, 0.5) is 11.8 Å². The molecular weight excluding hydrogens is 306 g/mol. The number of fused-ring (bicyclic) bond motifs is 2. The lowest BCUT2D eigenvalue weighted by molar-refractivity contribution is 0.0608. The number of rotatable bonds is 2. The first kappa shape index (κ1) is 13.1. The first-order chi connectivity index (χ1) is 9.13. The normalized spacial score (nSPS) is 31.2. The Morgan fingerprint density at radius 1 is 1.37 bits per heavy atom. The van der Waals surface area contributed by atoms with E-state index in [2.05, 4.69) is 43.2 Å². The van der Waals surface area contributed by atoms with Gasteiger partial charge in [0.25, 0.3) is 0 Å². The van der Waals surface area contributed by atoms with Crippen LogP contribution in [0.5, 0.6) is 0 Å². The Bertz CT molecular complexity index is 452. The lowest BCUT2D eigenvalue weighted by atomic mass is 9.82. The molecular formula is C13H20BrN5. The maximum Gasteiger partial charge on any atom is 0.221 e. The fraction of sp³-hybridized carbons (Fsp3) is 0.692. The molecule has 0 aliphatic carbocycles. The minimum absolute atomic E-state index is 0.318. The van der Waals surface area contributed by atoms with Gasteiger partial charge in [-0.15, -0.1) is 0 Å². The van der Waals surface area contributed by atoms with Crippen molar-refractivity contribution < 1.29 is 0 Å². The SMILES string of the molecule is CN1C2CCCC1CC(Nc1nc(N)ncc1Br)C2. The Kier molecular flexibility index (Phi) is 3.62. The van der Waals surface area contributed by atoms with Crippen molar-refractivity contribution in [2.45, 2.75) is 50.2 Å². The van der Waals surface area contributed by atoms with Gasteiger partial charge in [-0.05, 0) is 48.7 Å². The van der Waals surface area contributed by atoms with Gasteiger partial charge < -0.3 is 16.0 Å².